The Morgan fingerprint density at radius 3 is 1.65 bits per heavy atom. The molecule has 0 heterocycles. The maximum atomic E-state index is 11.7. The first-order valence-corrected chi connectivity index (χ1v) is 13.1. The molecule has 0 bridgehead atoms. The molecule has 5 nitrogen and oxygen atoms in total. The molecule has 5 heteroatoms. The summed E-state index contributed by atoms with van der Waals surface area (Å²) in [5.41, 5.74) is 0. The summed E-state index contributed by atoms with van der Waals surface area (Å²) in [5.74, 6) is 0.142. The van der Waals surface area contributed by atoms with E-state index in [9.17, 15) is 9.59 Å². The fraction of sp³-hybridized carbons (Fsp3) is 0.923. The maximum Gasteiger partial charge on any atom is 0.407 e. The molecule has 0 aliphatic carbocycles. The molecule has 0 fully saturated rings. The van der Waals surface area contributed by atoms with Gasteiger partial charge in [-0.3, -0.25) is 4.79 Å². The fourth-order valence-electron chi connectivity index (χ4n) is 3.45. The molecule has 0 unspecified atom stereocenters. The highest BCUT2D eigenvalue weighted by molar-refractivity contribution is 5.69. The van der Waals surface area contributed by atoms with Crippen molar-refractivity contribution in [1.29, 1.82) is 0 Å². The van der Waals surface area contributed by atoms with E-state index < -0.39 is 6.09 Å². The molecule has 0 rings (SSSR count). The summed E-state index contributed by atoms with van der Waals surface area (Å²) in [6.07, 6.45) is 20.4. The highest BCUT2D eigenvalue weighted by Gasteiger charge is 2.05. The Labute approximate surface area is 192 Å². The van der Waals surface area contributed by atoms with Gasteiger partial charge >= 0.3 is 12.1 Å². The van der Waals surface area contributed by atoms with E-state index in [0.717, 1.165) is 12.8 Å². The summed E-state index contributed by atoms with van der Waals surface area (Å²) < 4.78 is 10.3. The van der Waals surface area contributed by atoms with Crippen molar-refractivity contribution in [1.82, 2.24) is 5.32 Å². The van der Waals surface area contributed by atoms with Gasteiger partial charge in [0.25, 0.3) is 0 Å². The normalized spacial score (nSPS) is 11.0. The minimum Gasteiger partial charge on any atom is -0.466 e. The van der Waals surface area contributed by atoms with E-state index in [4.69, 9.17) is 9.47 Å². The quantitative estimate of drug-likeness (QED) is 0.139. The fourth-order valence-corrected chi connectivity index (χ4v) is 3.45. The van der Waals surface area contributed by atoms with Crippen LogP contribution in [-0.4, -0.2) is 31.8 Å². The molecule has 31 heavy (non-hydrogen) atoms. The molecule has 0 spiro atoms. The maximum absolute atomic E-state index is 11.7. The van der Waals surface area contributed by atoms with E-state index in [1.807, 2.05) is 13.8 Å². The van der Waals surface area contributed by atoms with Crippen LogP contribution in [0.3, 0.4) is 0 Å². The number of alkyl carbamates (subject to hydrolysis) is 1. The molecule has 0 aliphatic rings. The van der Waals surface area contributed by atoms with Gasteiger partial charge in [0.05, 0.1) is 13.2 Å². The molecule has 0 aliphatic heterocycles. The summed E-state index contributed by atoms with van der Waals surface area (Å²) >= 11 is 0. The lowest BCUT2D eigenvalue weighted by Gasteiger charge is -2.08. The van der Waals surface area contributed by atoms with Gasteiger partial charge in [-0.15, -0.1) is 0 Å². The van der Waals surface area contributed by atoms with Crippen molar-refractivity contribution in [2.75, 3.05) is 19.8 Å². The van der Waals surface area contributed by atoms with Crippen molar-refractivity contribution in [3.8, 4) is 0 Å². The second-order valence-electron chi connectivity index (χ2n) is 9.19. The van der Waals surface area contributed by atoms with Gasteiger partial charge in [0.15, 0.2) is 0 Å². The third-order valence-electron chi connectivity index (χ3n) is 5.39. The Morgan fingerprint density at radius 1 is 0.677 bits per heavy atom. The molecule has 0 aromatic rings. The van der Waals surface area contributed by atoms with Gasteiger partial charge in [-0.1, -0.05) is 111 Å². The van der Waals surface area contributed by atoms with Crippen LogP contribution in [0.4, 0.5) is 4.79 Å². The van der Waals surface area contributed by atoms with Crippen molar-refractivity contribution in [2.45, 2.75) is 130 Å². The number of amides is 1. The topological polar surface area (TPSA) is 64.6 Å². The first-order chi connectivity index (χ1) is 15.1. The molecule has 1 amide bonds. The van der Waals surface area contributed by atoms with Crippen LogP contribution in [0.25, 0.3) is 0 Å². The third-order valence-corrected chi connectivity index (χ3v) is 5.39. The molecule has 0 saturated heterocycles. The third kappa shape index (κ3) is 24.9. The van der Waals surface area contributed by atoms with Crippen LogP contribution in [0.2, 0.25) is 0 Å². The van der Waals surface area contributed by atoms with Crippen molar-refractivity contribution in [3.05, 3.63) is 0 Å². The number of carbonyl (C=O) groups excluding carboxylic acids is 2. The second-order valence-corrected chi connectivity index (χ2v) is 9.19. The Morgan fingerprint density at radius 2 is 1.16 bits per heavy atom. The van der Waals surface area contributed by atoms with Crippen molar-refractivity contribution in [3.63, 3.8) is 0 Å². The van der Waals surface area contributed by atoms with Gasteiger partial charge in [-0.05, 0) is 18.8 Å². The molecule has 184 valence electrons. The molecular formula is C26H51NO4. The highest BCUT2D eigenvalue weighted by atomic mass is 16.5. The Hall–Kier alpha value is -1.26. The Bertz CT molecular complexity index is 412. The Balaban J connectivity index is 3.23. The molecule has 1 N–H and O–H groups in total. The van der Waals surface area contributed by atoms with Crippen molar-refractivity contribution >= 4 is 12.1 Å². The predicted octanol–water partition coefficient (Wildman–Crippen LogP) is 7.56. The van der Waals surface area contributed by atoms with Crippen molar-refractivity contribution in [2.24, 2.45) is 5.92 Å². The standard InChI is InChI=1S/C26H51NO4/c1-4-5-6-7-8-9-10-11-12-13-14-15-16-17-18-22-30-25(28)20-19-21-27-26(29)31-23-24(2)3/h24H,4-23H2,1-3H3,(H,27,29). The average molecular weight is 442 g/mol. The molecular weight excluding hydrogens is 390 g/mol. The van der Waals surface area contributed by atoms with Gasteiger partial charge in [-0.2, -0.15) is 0 Å². The number of hydrogen-bond donors (Lipinski definition) is 1. The monoisotopic (exact) mass is 441 g/mol. The van der Waals surface area contributed by atoms with Gasteiger partial charge in [0, 0.05) is 13.0 Å². The lowest BCUT2D eigenvalue weighted by molar-refractivity contribution is -0.143. The van der Waals surface area contributed by atoms with E-state index in [2.05, 4.69) is 12.2 Å². The highest BCUT2D eigenvalue weighted by Crippen LogP contribution is 2.13. The zero-order valence-corrected chi connectivity index (χ0v) is 20.9. The van der Waals surface area contributed by atoms with Crippen LogP contribution in [0.5, 0.6) is 0 Å². The molecule has 0 atom stereocenters. The zero-order valence-electron chi connectivity index (χ0n) is 20.9. The average Bonchev–Trinajstić information content (AvgIpc) is 2.75. The summed E-state index contributed by atoms with van der Waals surface area (Å²) in [5, 5.41) is 2.65. The van der Waals surface area contributed by atoms with Crippen LogP contribution in [-0.2, 0) is 14.3 Å². The van der Waals surface area contributed by atoms with Crippen LogP contribution in [0.1, 0.15) is 130 Å². The van der Waals surface area contributed by atoms with Crippen LogP contribution < -0.4 is 5.32 Å². The van der Waals surface area contributed by atoms with E-state index in [0.29, 0.717) is 38.5 Å². The lowest BCUT2D eigenvalue weighted by atomic mass is 10.0. The number of unbranched alkanes of at least 4 members (excludes halogenated alkanes) is 14. The molecule has 0 aromatic heterocycles. The van der Waals surface area contributed by atoms with E-state index in [1.54, 1.807) is 0 Å². The van der Waals surface area contributed by atoms with Crippen LogP contribution >= 0.6 is 0 Å². The lowest BCUT2D eigenvalue weighted by Crippen LogP contribution is -2.27. The minimum absolute atomic E-state index is 0.178. The zero-order chi connectivity index (χ0) is 23.0. The number of esters is 1. The largest absolute Gasteiger partial charge is 0.466 e. The predicted molar refractivity (Wildman–Crippen MR) is 129 cm³/mol. The van der Waals surface area contributed by atoms with E-state index in [-0.39, 0.29) is 5.97 Å². The minimum atomic E-state index is -0.417. The van der Waals surface area contributed by atoms with Crippen molar-refractivity contribution < 1.29 is 19.1 Å². The Kier molecular flexibility index (Phi) is 22.5. The molecule has 0 radical (unpaired) electrons. The smallest absolute Gasteiger partial charge is 0.407 e. The first-order valence-electron chi connectivity index (χ1n) is 13.1. The van der Waals surface area contributed by atoms with Crippen LogP contribution in [0, 0.1) is 5.92 Å². The van der Waals surface area contributed by atoms with Gasteiger partial charge in [0.2, 0.25) is 0 Å². The van der Waals surface area contributed by atoms with Crippen LogP contribution in [0.15, 0.2) is 0 Å². The number of carbonyl (C=O) groups is 2. The summed E-state index contributed by atoms with van der Waals surface area (Å²) in [6, 6.07) is 0. The van der Waals surface area contributed by atoms with Gasteiger partial charge in [-0.25, -0.2) is 4.79 Å². The summed E-state index contributed by atoms with van der Waals surface area (Å²) in [7, 11) is 0. The SMILES string of the molecule is CCCCCCCCCCCCCCCCCOC(=O)CCCNC(=O)OCC(C)C. The number of rotatable bonds is 22. The number of ether oxygens (including phenoxy) is 2. The number of nitrogens with one attached hydrogen (secondary N) is 1. The van der Waals surface area contributed by atoms with E-state index in [1.165, 1.54) is 83.5 Å². The molecule has 0 aromatic carbocycles. The summed E-state index contributed by atoms with van der Waals surface area (Å²) in [6.45, 7) is 7.61. The van der Waals surface area contributed by atoms with Gasteiger partial charge < -0.3 is 14.8 Å². The second kappa shape index (κ2) is 23.4. The first kappa shape index (κ1) is 29.7. The number of hydrogen-bond acceptors (Lipinski definition) is 4. The molecule has 0 saturated carbocycles. The summed E-state index contributed by atoms with van der Waals surface area (Å²) in [4.78, 5) is 23.1. The van der Waals surface area contributed by atoms with Gasteiger partial charge in [0.1, 0.15) is 0 Å². The van der Waals surface area contributed by atoms with E-state index >= 15 is 0 Å².